The lowest BCUT2D eigenvalue weighted by molar-refractivity contribution is 0.0642. The van der Waals surface area contributed by atoms with Gasteiger partial charge in [0.25, 0.3) is 11.8 Å². The van der Waals surface area contributed by atoms with Gasteiger partial charge in [0.15, 0.2) is 0 Å². The maximum absolute atomic E-state index is 13.1. The van der Waals surface area contributed by atoms with Crippen LogP contribution < -0.4 is 10.6 Å². The number of hydrogen-bond donors (Lipinski definition) is 2. The third kappa shape index (κ3) is 6.64. The van der Waals surface area contributed by atoms with E-state index in [1.54, 1.807) is 24.4 Å². The fraction of sp³-hybridized carbons (Fsp3) is 0.355. The number of hydrogen-bond acceptors (Lipinski definition) is 5. The van der Waals surface area contributed by atoms with Gasteiger partial charge in [-0.05, 0) is 78.6 Å². The molecule has 3 aromatic rings. The Morgan fingerprint density at radius 3 is 2.39 bits per heavy atom. The van der Waals surface area contributed by atoms with Crippen LogP contribution >= 0.6 is 0 Å². The van der Waals surface area contributed by atoms with E-state index in [1.807, 2.05) is 58.0 Å². The van der Waals surface area contributed by atoms with Crippen LogP contribution in [0.25, 0.3) is 11.1 Å². The van der Waals surface area contributed by atoms with Crippen LogP contribution in [-0.4, -0.2) is 36.6 Å². The molecule has 0 radical (unpaired) electrons. The molecule has 7 heteroatoms. The van der Waals surface area contributed by atoms with Crippen molar-refractivity contribution >= 4 is 17.5 Å². The zero-order valence-corrected chi connectivity index (χ0v) is 22.4. The van der Waals surface area contributed by atoms with Crippen molar-refractivity contribution in [3.63, 3.8) is 0 Å². The van der Waals surface area contributed by atoms with Crippen molar-refractivity contribution in [2.45, 2.75) is 46.0 Å². The summed E-state index contributed by atoms with van der Waals surface area (Å²) in [5.74, 6) is 0.0648. The highest BCUT2D eigenvalue weighted by Gasteiger charge is 2.19. The minimum Gasteiger partial charge on any atom is -0.381 e. The van der Waals surface area contributed by atoms with Gasteiger partial charge in [-0.2, -0.15) is 5.26 Å². The maximum Gasteiger partial charge on any atom is 0.255 e. The summed E-state index contributed by atoms with van der Waals surface area (Å²) in [4.78, 5) is 30.2. The quantitative estimate of drug-likeness (QED) is 0.447. The molecule has 0 unspecified atom stereocenters. The van der Waals surface area contributed by atoms with Gasteiger partial charge >= 0.3 is 0 Å². The number of carbonyl (C=O) groups is 2. The first-order valence-corrected chi connectivity index (χ1v) is 12.9. The number of carbonyl (C=O) groups excluding carboxylic acids is 2. The third-order valence-corrected chi connectivity index (χ3v) is 6.89. The predicted molar refractivity (Wildman–Crippen MR) is 148 cm³/mol. The number of nitriles is 1. The van der Waals surface area contributed by atoms with Gasteiger partial charge < -0.3 is 15.4 Å². The SMILES string of the molecule is Cc1ncc(NC(=O)c2cc(C#N)cc(C(C)(C)C)c2)cc1-c1ccc(C(=O)NCC2CCOCC2)cc1. The number of pyridine rings is 1. The molecular weight excluding hydrogens is 476 g/mol. The van der Waals surface area contributed by atoms with E-state index in [9.17, 15) is 14.9 Å². The number of nitrogens with one attached hydrogen (secondary N) is 2. The van der Waals surface area contributed by atoms with Crippen LogP contribution in [0.15, 0.2) is 54.7 Å². The first-order chi connectivity index (χ1) is 18.1. The minimum atomic E-state index is -0.305. The van der Waals surface area contributed by atoms with Crippen LogP contribution in [0, 0.1) is 24.2 Å². The average molecular weight is 511 g/mol. The Morgan fingerprint density at radius 1 is 1.03 bits per heavy atom. The molecule has 1 aliphatic heterocycles. The molecule has 196 valence electrons. The predicted octanol–water partition coefficient (Wildman–Crippen LogP) is 5.63. The van der Waals surface area contributed by atoms with Gasteiger partial charge in [-0.15, -0.1) is 0 Å². The third-order valence-electron chi connectivity index (χ3n) is 6.89. The Balaban J connectivity index is 1.48. The molecule has 2 N–H and O–H groups in total. The van der Waals surface area contributed by atoms with Crippen molar-refractivity contribution in [3.05, 3.63) is 82.7 Å². The maximum atomic E-state index is 13.1. The van der Waals surface area contributed by atoms with Crippen molar-refractivity contribution in [2.75, 3.05) is 25.1 Å². The second-order valence-electron chi connectivity index (χ2n) is 10.8. The van der Waals surface area contributed by atoms with E-state index >= 15 is 0 Å². The summed E-state index contributed by atoms with van der Waals surface area (Å²) in [6.07, 6.45) is 3.56. The fourth-order valence-electron chi connectivity index (χ4n) is 4.44. The lowest BCUT2D eigenvalue weighted by Gasteiger charge is -2.22. The van der Waals surface area contributed by atoms with Gasteiger partial charge in [0.1, 0.15) is 0 Å². The number of aryl methyl sites for hydroxylation is 1. The number of ether oxygens (including phenoxy) is 1. The van der Waals surface area contributed by atoms with Crippen molar-refractivity contribution in [1.29, 1.82) is 5.26 Å². The highest BCUT2D eigenvalue weighted by molar-refractivity contribution is 6.05. The van der Waals surface area contributed by atoms with E-state index in [1.165, 1.54) is 0 Å². The number of nitrogens with zero attached hydrogens (tertiary/aromatic N) is 2. The fourth-order valence-corrected chi connectivity index (χ4v) is 4.44. The van der Waals surface area contributed by atoms with Gasteiger partial charge in [0.2, 0.25) is 0 Å². The van der Waals surface area contributed by atoms with Gasteiger partial charge in [-0.25, -0.2) is 0 Å². The molecule has 0 atom stereocenters. The molecule has 4 rings (SSSR count). The molecule has 38 heavy (non-hydrogen) atoms. The van der Waals surface area contributed by atoms with Gasteiger partial charge in [0.05, 0.1) is 23.5 Å². The van der Waals surface area contributed by atoms with Crippen LogP contribution in [0.1, 0.15) is 71.1 Å². The zero-order valence-electron chi connectivity index (χ0n) is 22.4. The summed E-state index contributed by atoms with van der Waals surface area (Å²) >= 11 is 0. The minimum absolute atomic E-state index is 0.0897. The second-order valence-corrected chi connectivity index (χ2v) is 10.8. The van der Waals surface area contributed by atoms with Gasteiger partial charge in [-0.1, -0.05) is 32.9 Å². The molecule has 1 saturated heterocycles. The Kier molecular flexibility index (Phi) is 8.23. The number of aromatic nitrogens is 1. The normalized spacial score (nSPS) is 14.0. The van der Waals surface area contributed by atoms with Crippen molar-refractivity contribution in [1.82, 2.24) is 10.3 Å². The Bertz CT molecular complexity index is 1360. The van der Waals surface area contributed by atoms with Crippen LogP contribution in [0.3, 0.4) is 0 Å². The molecule has 0 spiro atoms. The second kappa shape index (κ2) is 11.6. The number of benzene rings is 2. The van der Waals surface area contributed by atoms with Crippen LogP contribution in [0.5, 0.6) is 0 Å². The molecule has 1 fully saturated rings. The van der Waals surface area contributed by atoms with E-state index in [0.29, 0.717) is 34.8 Å². The smallest absolute Gasteiger partial charge is 0.255 e. The zero-order chi connectivity index (χ0) is 27.3. The Labute approximate surface area is 224 Å². The van der Waals surface area contributed by atoms with Gasteiger partial charge in [0, 0.05) is 42.1 Å². The van der Waals surface area contributed by atoms with Crippen molar-refractivity contribution in [2.24, 2.45) is 5.92 Å². The molecule has 1 aliphatic rings. The number of anilines is 1. The number of rotatable bonds is 6. The molecule has 2 amide bonds. The standard InChI is InChI=1S/C31H34N4O3/c1-20-28(23-5-7-24(8-6-23)29(36)34-18-21-9-11-38-12-10-21)16-27(19-33-20)35-30(37)25-13-22(17-32)14-26(15-25)31(2,3)4/h5-8,13-16,19,21H,9-12,18H2,1-4H3,(H,34,36)(H,35,37). The molecular formula is C31H34N4O3. The molecule has 0 saturated carbocycles. The van der Waals surface area contributed by atoms with Crippen molar-refractivity contribution < 1.29 is 14.3 Å². The van der Waals surface area contributed by atoms with Gasteiger partial charge in [-0.3, -0.25) is 14.6 Å². The summed E-state index contributed by atoms with van der Waals surface area (Å²) in [6.45, 7) is 10.2. The molecule has 0 bridgehead atoms. The highest BCUT2D eigenvalue weighted by Crippen LogP contribution is 2.27. The summed E-state index contributed by atoms with van der Waals surface area (Å²) in [6, 6.07) is 16.7. The van der Waals surface area contributed by atoms with E-state index in [2.05, 4.69) is 21.7 Å². The topological polar surface area (TPSA) is 104 Å². The largest absolute Gasteiger partial charge is 0.381 e. The van der Waals surface area contributed by atoms with Crippen molar-refractivity contribution in [3.8, 4) is 17.2 Å². The van der Waals surface area contributed by atoms with Crippen LogP contribution in [0.2, 0.25) is 0 Å². The monoisotopic (exact) mass is 510 g/mol. The summed E-state index contributed by atoms with van der Waals surface area (Å²) in [7, 11) is 0. The lowest BCUT2D eigenvalue weighted by Crippen LogP contribution is -2.32. The molecule has 1 aromatic heterocycles. The Hall–Kier alpha value is -4.02. The van der Waals surface area contributed by atoms with E-state index in [4.69, 9.17) is 4.74 Å². The lowest BCUT2D eigenvalue weighted by atomic mass is 9.85. The van der Waals surface area contributed by atoms with E-state index in [-0.39, 0.29) is 17.2 Å². The highest BCUT2D eigenvalue weighted by atomic mass is 16.5. The van der Waals surface area contributed by atoms with E-state index < -0.39 is 0 Å². The molecule has 0 aliphatic carbocycles. The number of amides is 2. The first-order valence-electron chi connectivity index (χ1n) is 12.9. The first kappa shape index (κ1) is 27.0. The van der Waals surface area contributed by atoms with Crippen LogP contribution in [-0.2, 0) is 10.2 Å². The molecule has 2 aromatic carbocycles. The Morgan fingerprint density at radius 2 is 1.74 bits per heavy atom. The molecule has 2 heterocycles. The van der Waals surface area contributed by atoms with Crippen LogP contribution in [0.4, 0.5) is 5.69 Å². The van der Waals surface area contributed by atoms with E-state index in [0.717, 1.165) is 48.4 Å². The summed E-state index contributed by atoms with van der Waals surface area (Å²) < 4.78 is 5.38. The summed E-state index contributed by atoms with van der Waals surface area (Å²) in [5, 5.41) is 15.4. The average Bonchev–Trinajstić information content (AvgIpc) is 2.92. The summed E-state index contributed by atoms with van der Waals surface area (Å²) in [5.41, 5.74) is 5.30. The molecule has 7 nitrogen and oxygen atoms in total.